The van der Waals surface area contributed by atoms with Crippen molar-refractivity contribution < 1.29 is 13.9 Å². The first-order valence-electron chi connectivity index (χ1n) is 10.2. The molecule has 0 aliphatic heterocycles. The molecule has 6 nitrogen and oxygen atoms in total. The Bertz CT molecular complexity index is 901. The van der Waals surface area contributed by atoms with E-state index in [0.717, 1.165) is 11.1 Å². The monoisotopic (exact) mass is 540 g/mol. The Labute approximate surface area is 200 Å². The van der Waals surface area contributed by atoms with Crippen molar-refractivity contribution in [2.75, 3.05) is 20.7 Å². The number of halogens is 2. The number of benzene rings is 2. The van der Waals surface area contributed by atoms with E-state index in [1.807, 2.05) is 25.1 Å². The largest absolute Gasteiger partial charge is 0.490 e. The molecule has 3 rings (SSSR count). The topological polar surface area (TPSA) is 74.8 Å². The van der Waals surface area contributed by atoms with Gasteiger partial charge >= 0.3 is 0 Å². The summed E-state index contributed by atoms with van der Waals surface area (Å²) in [7, 11) is 3.29. The van der Waals surface area contributed by atoms with Gasteiger partial charge in [-0.05, 0) is 61.1 Å². The van der Waals surface area contributed by atoms with Crippen LogP contribution in [-0.4, -0.2) is 32.6 Å². The molecule has 2 aromatic rings. The summed E-state index contributed by atoms with van der Waals surface area (Å²) < 4.78 is 19.9. The molecule has 0 heterocycles. The first kappa shape index (κ1) is 24.9. The predicted octanol–water partition coefficient (Wildman–Crippen LogP) is 4.02. The van der Waals surface area contributed by atoms with Crippen molar-refractivity contribution in [2.45, 2.75) is 32.4 Å². The van der Waals surface area contributed by atoms with Crippen LogP contribution in [-0.2, 0) is 6.54 Å². The summed E-state index contributed by atoms with van der Waals surface area (Å²) >= 11 is 0. The molecule has 1 saturated carbocycles. The van der Waals surface area contributed by atoms with Crippen LogP contribution in [0.4, 0.5) is 4.39 Å². The summed E-state index contributed by atoms with van der Waals surface area (Å²) in [4.78, 5) is 15.9. The van der Waals surface area contributed by atoms with Gasteiger partial charge in [0.1, 0.15) is 0 Å². The van der Waals surface area contributed by atoms with Crippen molar-refractivity contribution in [1.82, 2.24) is 16.0 Å². The van der Waals surface area contributed by atoms with Crippen LogP contribution < -0.4 is 20.7 Å². The molecule has 0 radical (unpaired) electrons. The van der Waals surface area contributed by atoms with Crippen LogP contribution in [0.1, 0.15) is 47.3 Å². The zero-order valence-electron chi connectivity index (χ0n) is 18.1. The first-order valence-corrected chi connectivity index (χ1v) is 10.2. The Hall–Kier alpha value is -2.36. The van der Waals surface area contributed by atoms with Crippen molar-refractivity contribution in [2.24, 2.45) is 10.9 Å². The van der Waals surface area contributed by atoms with Gasteiger partial charge in [0.25, 0.3) is 5.91 Å². The molecule has 0 aromatic heterocycles. The molecule has 0 bridgehead atoms. The number of carbonyl (C=O) groups excluding carboxylic acids is 1. The van der Waals surface area contributed by atoms with Crippen molar-refractivity contribution >= 4 is 35.8 Å². The number of nitrogens with one attached hydrogen (secondary N) is 3. The van der Waals surface area contributed by atoms with Crippen LogP contribution >= 0.6 is 24.0 Å². The van der Waals surface area contributed by atoms with E-state index in [0.29, 0.717) is 36.3 Å². The van der Waals surface area contributed by atoms with Crippen molar-refractivity contribution in [1.29, 1.82) is 0 Å². The van der Waals surface area contributed by atoms with Gasteiger partial charge in [-0.25, -0.2) is 4.39 Å². The second-order valence-corrected chi connectivity index (χ2v) is 7.51. The zero-order chi connectivity index (χ0) is 21.5. The maximum absolute atomic E-state index is 14.4. The quantitative estimate of drug-likeness (QED) is 0.269. The molecule has 8 heteroatoms. The lowest BCUT2D eigenvalue weighted by atomic mass is 10.1. The Balaban J connectivity index is 0.00000341. The minimum Gasteiger partial charge on any atom is -0.490 e. The maximum Gasteiger partial charge on any atom is 0.251 e. The lowest BCUT2D eigenvalue weighted by molar-refractivity contribution is 0.0963. The standard InChI is InChI=1S/C23H29FN4O2.HI/c1-15(19-10-11-21(20(24)12-19)30-14-17-4-5-17)28-23(26-3)27-13-16-6-8-18(9-7-16)22(29)25-2;/h6-12,15,17H,4-5,13-14H2,1-3H3,(H,25,29)(H2,26,27,28);1H. The molecule has 168 valence electrons. The summed E-state index contributed by atoms with van der Waals surface area (Å²) in [6.07, 6.45) is 2.34. The Morgan fingerprint density at radius 3 is 2.52 bits per heavy atom. The van der Waals surface area contributed by atoms with Gasteiger partial charge in [0.05, 0.1) is 12.6 Å². The first-order chi connectivity index (χ1) is 14.5. The summed E-state index contributed by atoms with van der Waals surface area (Å²) in [6, 6.07) is 12.3. The number of ether oxygens (including phenoxy) is 1. The van der Waals surface area contributed by atoms with Gasteiger partial charge in [-0.15, -0.1) is 24.0 Å². The van der Waals surface area contributed by atoms with E-state index in [1.165, 1.54) is 18.9 Å². The molecular weight excluding hydrogens is 510 g/mol. The molecule has 2 aromatic carbocycles. The second-order valence-electron chi connectivity index (χ2n) is 7.51. The predicted molar refractivity (Wildman–Crippen MR) is 132 cm³/mol. The number of nitrogens with zero attached hydrogens (tertiary/aromatic N) is 1. The van der Waals surface area contributed by atoms with Crippen LogP contribution in [0.25, 0.3) is 0 Å². The number of hydrogen-bond acceptors (Lipinski definition) is 3. The molecule has 0 saturated heterocycles. The zero-order valence-corrected chi connectivity index (χ0v) is 20.4. The molecule has 0 spiro atoms. The molecule has 1 amide bonds. The Kier molecular flexibility index (Phi) is 9.54. The van der Waals surface area contributed by atoms with E-state index in [4.69, 9.17) is 4.74 Å². The van der Waals surface area contributed by atoms with E-state index in [-0.39, 0.29) is 41.7 Å². The van der Waals surface area contributed by atoms with Gasteiger partial charge in [-0.3, -0.25) is 9.79 Å². The fourth-order valence-electron chi connectivity index (χ4n) is 2.98. The number of carbonyl (C=O) groups is 1. The summed E-state index contributed by atoms with van der Waals surface area (Å²) in [5, 5.41) is 9.10. The van der Waals surface area contributed by atoms with Gasteiger partial charge in [0.2, 0.25) is 0 Å². The highest BCUT2D eigenvalue weighted by atomic mass is 127. The smallest absolute Gasteiger partial charge is 0.251 e. The second kappa shape index (κ2) is 11.9. The average Bonchev–Trinajstić information content (AvgIpc) is 3.60. The van der Waals surface area contributed by atoms with Crippen LogP contribution in [0, 0.1) is 11.7 Å². The fraction of sp³-hybridized carbons (Fsp3) is 0.391. The minimum absolute atomic E-state index is 0. The Morgan fingerprint density at radius 2 is 1.94 bits per heavy atom. The summed E-state index contributed by atoms with van der Waals surface area (Å²) in [6.45, 7) is 3.08. The van der Waals surface area contributed by atoms with E-state index >= 15 is 0 Å². The van der Waals surface area contributed by atoms with E-state index in [2.05, 4.69) is 20.9 Å². The number of aliphatic imine (C=N–C) groups is 1. The van der Waals surface area contributed by atoms with Crippen molar-refractivity contribution in [3.63, 3.8) is 0 Å². The SMILES string of the molecule is CN=C(NCc1ccc(C(=O)NC)cc1)NC(C)c1ccc(OCC2CC2)c(F)c1.I. The average molecular weight is 540 g/mol. The highest BCUT2D eigenvalue weighted by molar-refractivity contribution is 14.0. The number of rotatable bonds is 8. The Morgan fingerprint density at radius 1 is 1.23 bits per heavy atom. The third-order valence-corrected chi connectivity index (χ3v) is 5.11. The lowest BCUT2D eigenvalue weighted by Gasteiger charge is -2.19. The van der Waals surface area contributed by atoms with Crippen molar-refractivity contribution in [3.8, 4) is 5.75 Å². The molecule has 31 heavy (non-hydrogen) atoms. The number of hydrogen-bond donors (Lipinski definition) is 3. The highest BCUT2D eigenvalue weighted by Gasteiger charge is 2.22. The van der Waals surface area contributed by atoms with Crippen LogP contribution in [0.2, 0.25) is 0 Å². The molecule has 1 fully saturated rings. The normalized spacial score (nSPS) is 14.3. The van der Waals surface area contributed by atoms with Crippen LogP contribution in [0.3, 0.4) is 0 Å². The lowest BCUT2D eigenvalue weighted by Crippen LogP contribution is -2.38. The van der Waals surface area contributed by atoms with Gasteiger partial charge < -0.3 is 20.7 Å². The van der Waals surface area contributed by atoms with Crippen molar-refractivity contribution in [3.05, 3.63) is 65.0 Å². The third-order valence-electron chi connectivity index (χ3n) is 5.11. The summed E-state index contributed by atoms with van der Waals surface area (Å²) in [5.74, 6) is 1.03. The molecule has 1 unspecified atom stereocenters. The molecule has 3 N–H and O–H groups in total. The van der Waals surface area contributed by atoms with Crippen LogP contribution in [0.15, 0.2) is 47.5 Å². The highest BCUT2D eigenvalue weighted by Crippen LogP contribution is 2.30. The molecule has 1 aliphatic rings. The number of guanidine groups is 1. The molecular formula is C23H30FIN4O2. The van der Waals surface area contributed by atoms with Gasteiger partial charge in [-0.1, -0.05) is 18.2 Å². The third kappa shape index (κ3) is 7.37. The number of amides is 1. The van der Waals surface area contributed by atoms with E-state index in [1.54, 1.807) is 32.3 Å². The van der Waals surface area contributed by atoms with Gasteiger partial charge in [0.15, 0.2) is 17.5 Å². The molecule has 1 aliphatic carbocycles. The summed E-state index contributed by atoms with van der Waals surface area (Å²) in [5.41, 5.74) is 2.44. The van der Waals surface area contributed by atoms with Crippen LogP contribution in [0.5, 0.6) is 5.75 Å². The van der Waals surface area contributed by atoms with Gasteiger partial charge in [-0.2, -0.15) is 0 Å². The van der Waals surface area contributed by atoms with Gasteiger partial charge in [0, 0.05) is 26.2 Å². The maximum atomic E-state index is 14.4. The van der Waals surface area contributed by atoms with E-state index in [9.17, 15) is 9.18 Å². The fourth-order valence-corrected chi connectivity index (χ4v) is 2.98. The minimum atomic E-state index is -0.346. The molecule has 1 atom stereocenters. The van der Waals surface area contributed by atoms with E-state index < -0.39 is 0 Å².